The molecule has 0 atom stereocenters. The molecule has 1 aromatic heterocycles. The highest BCUT2D eigenvalue weighted by Crippen LogP contribution is 2.20. The first kappa shape index (κ1) is 13.2. The minimum atomic E-state index is -0.0548. The van der Waals surface area contributed by atoms with Gasteiger partial charge in [0.2, 0.25) is 0 Å². The van der Waals surface area contributed by atoms with Crippen molar-refractivity contribution in [3.63, 3.8) is 0 Å². The molecule has 5 heteroatoms. The zero-order valence-corrected chi connectivity index (χ0v) is 12.3. The van der Waals surface area contributed by atoms with Gasteiger partial charge in [-0.05, 0) is 34.5 Å². The van der Waals surface area contributed by atoms with Crippen LogP contribution < -0.4 is 5.32 Å². The Hall–Kier alpha value is -1.20. The quantitative estimate of drug-likeness (QED) is 0.938. The van der Waals surface area contributed by atoms with Crippen LogP contribution in [0.15, 0.2) is 33.6 Å². The first-order valence-electron chi connectivity index (χ1n) is 5.59. The van der Waals surface area contributed by atoms with Gasteiger partial charge in [-0.1, -0.05) is 12.1 Å². The molecule has 0 aliphatic heterocycles. The third-order valence-corrected chi connectivity index (χ3v) is 4.27. The summed E-state index contributed by atoms with van der Waals surface area (Å²) >= 11 is 5.01. The summed E-state index contributed by atoms with van der Waals surface area (Å²) in [6, 6.07) is 5.67. The van der Waals surface area contributed by atoms with Gasteiger partial charge in [0, 0.05) is 22.8 Å². The van der Waals surface area contributed by atoms with Crippen LogP contribution in [0.4, 0.5) is 0 Å². The van der Waals surface area contributed by atoms with Gasteiger partial charge in [-0.15, -0.1) is 11.3 Å². The molecule has 2 aromatic rings. The van der Waals surface area contributed by atoms with Gasteiger partial charge in [0.05, 0.1) is 16.8 Å². The first-order chi connectivity index (χ1) is 8.68. The molecule has 0 bridgehead atoms. The number of carbonyl (C=O) groups is 1. The Morgan fingerprint density at radius 2 is 2.33 bits per heavy atom. The molecule has 0 aliphatic carbocycles. The Balaban J connectivity index is 1.93. The SMILES string of the molecule is Cc1cccc(C(=O)NCCc2cscn2)c1Br. The number of benzene rings is 1. The van der Waals surface area contributed by atoms with Crippen molar-refractivity contribution < 1.29 is 4.79 Å². The lowest BCUT2D eigenvalue weighted by Gasteiger charge is -2.07. The molecule has 18 heavy (non-hydrogen) atoms. The summed E-state index contributed by atoms with van der Waals surface area (Å²) in [6.07, 6.45) is 0.763. The molecule has 0 saturated heterocycles. The molecule has 1 N–H and O–H groups in total. The Kier molecular flexibility index (Phi) is 4.49. The number of aryl methyl sites for hydroxylation is 1. The van der Waals surface area contributed by atoms with Crippen molar-refractivity contribution in [1.29, 1.82) is 0 Å². The molecule has 0 spiro atoms. The number of hydrogen-bond donors (Lipinski definition) is 1. The molecule has 0 radical (unpaired) electrons. The highest BCUT2D eigenvalue weighted by molar-refractivity contribution is 9.10. The fourth-order valence-electron chi connectivity index (χ4n) is 1.58. The number of rotatable bonds is 4. The van der Waals surface area contributed by atoms with E-state index in [9.17, 15) is 4.79 Å². The van der Waals surface area contributed by atoms with Crippen LogP contribution in [0.3, 0.4) is 0 Å². The van der Waals surface area contributed by atoms with E-state index in [4.69, 9.17) is 0 Å². The van der Waals surface area contributed by atoms with Gasteiger partial charge in [0.15, 0.2) is 0 Å². The van der Waals surface area contributed by atoms with E-state index in [-0.39, 0.29) is 5.91 Å². The molecule has 3 nitrogen and oxygen atoms in total. The lowest BCUT2D eigenvalue weighted by Crippen LogP contribution is -2.26. The third kappa shape index (κ3) is 3.17. The molecule has 94 valence electrons. The zero-order valence-electron chi connectivity index (χ0n) is 9.94. The number of hydrogen-bond acceptors (Lipinski definition) is 3. The van der Waals surface area contributed by atoms with Crippen molar-refractivity contribution in [2.75, 3.05) is 6.54 Å². The van der Waals surface area contributed by atoms with Crippen LogP contribution in [0.1, 0.15) is 21.6 Å². The number of carbonyl (C=O) groups excluding carboxylic acids is 1. The lowest BCUT2D eigenvalue weighted by molar-refractivity contribution is 0.0953. The maximum atomic E-state index is 12.0. The van der Waals surface area contributed by atoms with E-state index in [0.29, 0.717) is 12.1 Å². The van der Waals surface area contributed by atoms with Crippen LogP contribution in [0.2, 0.25) is 0 Å². The number of halogens is 1. The number of nitrogens with zero attached hydrogens (tertiary/aromatic N) is 1. The molecule has 0 aliphatic rings. The second-order valence-corrected chi connectivity index (χ2v) is 5.43. The smallest absolute Gasteiger partial charge is 0.252 e. The normalized spacial score (nSPS) is 10.3. The van der Waals surface area contributed by atoms with Gasteiger partial charge in [0.1, 0.15) is 0 Å². The number of thiazole rings is 1. The van der Waals surface area contributed by atoms with Crippen molar-refractivity contribution in [3.8, 4) is 0 Å². The van der Waals surface area contributed by atoms with Crippen LogP contribution in [0.25, 0.3) is 0 Å². The van der Waals surface area contributed by atoms with Gasteiger partial charge in [-0.25, -0.2) is 4.98 Å². The second-order valence-electron chi connectivity index (χ2n) is 3.92. The molecule has 1 aromatic carbocycles. The second kappa shape index (κ2) is 6.11. The molecule has 0 saturated carbocycles. The number of nitrogens with one attached hydrogen (secondary N) is 1. The van der Waals surface area contributed by atoms with E-state index < -0.39 is 0 Å². The molecular weight excluding hydrogens is 312 g/mol. The summed E-state index contributed by atoms with van der Waals surface area (Å²) in [5, 5.41) is 4.90. The zero-order chi connectivity index (χ0) is 13.0. The average molecular weight is 325 g/mol. The molecule has 0 unspecified atom stereocenters. The molecule has 1 amide bonds. The predicted octanol–water partition coefficient (Wildman–Crippen LogP) is 3.19. The monoisotopic (exact) mass is 324 g/mol. The van der Waals surface area contributed by atoms with Crippen molar-refractivity contribution in [3.05, 3.63) is 50.4 Å². The van der Waals surface area contributed by atoms with Gasteiger partial charge < -0.3 is 5.32 Å². The minimum Gasteiger partial charge on any atom is -0.352 e. The largest absolute Gasteiger partial charge is 0.352 e. The van der Waals surface area contributed by atoms with E-state index in [1.807, 2.05) is 30.5 Å². The Morgan fingerprint density at radius 1 is 1.50 bits per heavy atom. The highest BCUT2D eigenvalue weighted by Gasteiger charge is 2.10. The van der Waals surface area contributed by atoms with Crippen molar-refractivity contribution in [2.24, 2.45) is 0 Å². The third-order valence-electron chi connectivity index (χ3n) is 2.59. The fraction of sp³-hybridized carbons (Fsp3) is 0.231. The Bertz CT molecular complexity index is 540. The van der Waals surface area contributed by atoms with Crippen LogP contribution in [-0.2, 0) is 6.42 Å². The number of aromatic nitrogens is 1. The average Bonchev–Trinajstić information content (AvgIpc) is 2.85. The van der Waals surface area contributed by atoms with E-state index >= 15 is 0 Å². The Labute approximate surface area is 118 Å². The van der Waals surface area contributed by atoms with Gasteiger partial charge >= 0.3 is 0 Å². The first-order valence-corrected chi connectivity index (χ1v) is 7.32. The predicted molar refractivity (Wildman–Crippen MR) is 77.0 cm³/mol. The van der Waals surface area contributed by atoms with Gasteiger partial charge in [0.25, 0.3) is 5.91 Å². The highest BCUT2D eigenvalue weighted by atomic mass is 79.9. The van der Waals surface area contributed by atoms with E-state index in [1.165, 1.54) is 0 Å². The summed E-state index contributed by atoms with van der Waals surface area (Å²) in [6.45, 7) is 2.57. The Morgan fingerprint density at radius 3 is 3.06 bits per heavy atom. The standard InChI is InChI=1S/C13H13BrN2OS/c1-9-3-2-4-11(12(9)14)13(17)15-6-5-10-7-18-8-16-10/h2-4,7-8H,5-6H2,1H3,(H,15,17). The summed E-state index contributed by atoms with van der Waals surface area (Å²) in [5.41, 5.74) is 4.55. The van der Waals surface area contributed by atoms with Crippen LogP contribution >= 0.6 is 27.3 Å². The topological polar surface area (TPSA) is 42.0 Å². The van der Waals surface area contributed by atoms with Gasteiger partial charge in [-0.2, -0.15) is 0 Å². The lowest BCUT2D eigenvalue weighted by atomic mass is 10.1. The molecular formula is C13H13BrN2OS. The van der Waals surface area contributed by atoms with Crippen molar-refractivity contribution in [2.45, 2.75) is 13.3 Å². The molecule has 2 rings (SSSR count). The van der Waals surface area contributed by atoms with Crippen LogP contribution in [-0.4, -0.2) is 17.4 Å². The molecule has 1 heterocycles. The molecule has 0 fully saturated rings. The van der Waals surface area contributed by atoms with Crippen molar-refractivity contribution in [1.82, 2.24) is 10.3 Å². The fourth-order valence-corrected chi connectivity index (χ4v) is 2.62. The van der Waals surface area contributed by atoms with E-state index in [2.05, 4.69) is 26.2 Å². The van der Waals surface area contributed by atoms with Crippen LogP contribution in [0, 0.1) is 6.92 Å². The number of amides is 1. The van der Waals surface area contributed by atoms with Crippen LogP contribution in [0.5, 0.6) is 0 Å². The van der Waals surface area contributed by atoms with E-state index in [0.717, 1.165) is 22.2 Å². The summed E-state index contributed by atoms with van der Waals surface area (Å²) in [5.74, 6) is -0.0548. The maximum Gasteiger partial charge on any atom is 0.252 e. The summed E-state index contributed by atoms with van der Waals surface area (Å²) in [7, 11) is 0. The summed E-state index contributed by atoms with van der Waals surface area (Å²) in [4.78, 5) is 16.2. The van der Waals surface area contributed by atoms with Crippen molar-refractivity contribution >= 4 is 33.2 Å². The summed E-state index contributed by atoms with van der Waals surface area (Å²) < 4.78 is 0.858. The maximum absolute atomic E-state index is 12.0. The minimum absolute atomic E-state index is 0.0548. The van der Waals surface area contributed by atoms with E-state index in [1.54, 1.807) is 16.8 Å². The van der Waals surface area contributed by atoms with Gasteiger partial charge in [-0.3, -0.25) is 4.79 Å².